The molecule has 2 rings (SSSR count). The standard InChI is InChI=1S/C9H7ClN2O3/c10-6-1-8(9(13)14)12(2-6)3-7-4-15-5-11-7/h1-2,4-5H,3H2,(H,13,14). The topological polar surface area (TPSA) is 68.3 Å². The summed E-state index contributed by atoms with van der Waals surface area (Å²) >= 11 is 5.72. The third kappa shape index (κ3) is 2.02. The molecule has 0 aliphatic heterocycles. The van der Waals surface area contributed by atoms with Gasteiger partial charge in [0.1, 0.15) is 12.0 Å². The number of halogens is 1. The molecule has 0 aliphatic rings. The van der Waals surface area contributed by atoms with Crippen LogP contribution >= 0.6 is 11.6 Å². The van der Waals surface area contributed by atoms with Crippen molar-refractivity contribution in [3.05, 3.63) is 41.3 Å². The van der Waals surface area contributed by atoms with Crippen LogP contribution in [0.2, 0.25) is 5.02 Å². The van der Waals surface area contributed by atoms with E-state index < -0.39 is 5.97 Å². The maximum atomic E-state index is 10.8. The molecule has 0 saturated heterocycles. The summed E-state index contributed by atoms with van der Waals surface area (Å²) < 4.78 is 6.29. The molecule has 0 atom stereocenters. The summed E-state index contributed by atoms with van der Waals surface area (Å²) in [5.41, 5.74) is 0.771. The van der Waals surface area contributed by atoms with Crippen molar-refractivity contribution in [1.82, 2.24) is 9.55 Å². The molecule has 0 amide bonds. The van der Waals surface area contributed by atoms with Gasteiger partial charge >= 0.3 is 5.97 Å². The van der Waals surface area contributed by atoms with Crippen molar-refractivity contribution in [3.8, 4) is 0 Å². The predicted octanol–water partition coefficient (Wildman–Crippen LogP) is 1.88. The Morgan fingerprint density at radius 3 is 3.07 bits per heavy atom. The molecule has 0 saturated carbocycles. The van der Waals surface area contributed by atoms with Crippen molar-refractivity contribution in [3.63, 3.8) is 0 Å². The minimum atomic E-state index is -1.02. The summed E-state index contributed by atoms with van der Waals surface area (Å²) in [5, 5.41) is 9.27. The minimum absolute atomic E-state index is 0.128. The van der Waals surface area contributed by atoms with Gasteiger partial charge in [-0.25, -0.2) is 9.78 Å². The third-order valence-electron chi connectivity index (χ3n) is 1.90. The van der Waals surface area contributed by atoms with E-state index in [0.717, 1.165) is 0 Å². The van der Waals surface area contributed by atoms with Gasteiger partial charge in [0.05, 0.1) is 17.3 Å². The fourth-order valence-corrected chi connectivity index (χ4v) is 1.50. The molecule has 0 bridgehead atoms. The molecule has 0 fully saturated rings. The quantitative estimate of drug-likeness (QED) is 0.868. The van der Waals surface area contributed by atoms with E-state index in [1.54, 1.807) is 6.20 Å². The first-order valence-electron chi connectivity index (χ1n) is 4.13. The fraction of sp³-hybridized carbons (Fsp3) is 0.111. The zero-order chi connectivity index (χ0) is 10.8. The molecule has 5 nitrogen and oxygen atoms in total. The SMILES string of the molecule is O=C(O)c1cc(Cl)cn1Cc1cocn1. The Balaban J connectivity index is 2.31. The minimum Gasteiger partial charge on any atom is -0.477 e. The molecule has 2 aromatic rings. The molecule has 0 spiro atoms. The van der Waals surface area contributed by atoms with Crippen LogP contribution in [0.25, 0.3) is 0 Å². The Bertz CT molecular complexity index is 476. The van der Waals surface area contributed by atoms with Crippen LogP contribution in [0.3, 0.4) is 0 Å². The smallest absolute Gasteiger partial charge is 0.352 e. The lowest BCUT2D eigenvalue weighted by Crippen LogP contribution is -2.08. The number of carboxylic acid groups (broad SMARTS) is 1. The molecule has 6 heteroatoms. The van der Waals surface area contributed by atoms with Crippen molar-refractivity contribution in [1.29, 1.82) is 0 Å². The first-order chi connectivity index (χ1) is 7.16. The molecule has 0 aliphatic carbocycles. The van der Waals surface area contributed by atoms with Crippen LogP contribution in [0.1, 0.15) is 16.2 Å². The monoisotopic (exact) mass is 226 g/mol. The number of nitrogens with zero attached hydrogens (tertiary/aromatic N) is 2. The van der Waals surface area contributed by atoms with Gasteiger partial charge < -0.3 is 14.1 Å². The number of aromatic carboxylic acids is 1. The van der Waals surface area contributed by atoms with Crippen molar-refractivity contribution in [2.45, 2.75) is 6.54 Å². The second-order valence-corrected chi connectivity index (χ2v) is 3.39. The maximum Gasteiger partial charge on any atom is 0.352 e. The van der Waals surface area contributed by atoms with Crippen LogP contribution in [-0.4, -0.2) is 20.6 Å². The van der Waals surface area contributed by atoms with E-state index in [4.69, 9.17) is 21.1 Å². The van der Waals surface area contributed by atoms with Gasteiger partial charge in [-0.15, -0.1) is 0 Å². The molecule has 0 aromatic carbocycles. The Morgan fingerprint density at radius 1 is 1.67 bits per heavy atom. The normalized spacial score (nSPS) is 10.5. The maximum absolute atomic E-state index is 10.8. The van der Waals surface area contributed by atoms with Gasteiger partial charge in [0.2, 0.25) is 0 Å². The van der Waals surface area contributed by atoms with Gasteiger partial charge in [-0.3, -0.25) is 0 Å². The Labute approximate surface area is 89.9 Å². The highest BCUT2D eigenvalue weighted by Crippen LogP contribution is 2.15. The van der Waals surface area contributed by atoms with Gasteiger partial charge in [0.25, 0.3) is 0 Å². The van der Waals surface area contributed by atoms with Crippen LogP contribution < -0.4 is 0 Å². The average Bonchev–Trinajstić information content (AvgIpc) is 2.75. The first-order valence-corrected chi connectivity index (χ1v) is 4.50. The lowest BCUT2D eigenvalue weighted by atomic mass is 10.4. The van der Waals surface area contributed by atoms with Crippen LogP contribution in [0.15, 0.2) is 29.3 Å². The number of rotatable bonds is 3. The highest BCUT2D eigenvalue weighted by Gasteiger charge is 2.12. The highest BCUT2D eigenvalue weighted by molar-refractivity contribution is 6.30. The second-order valence-electron chi connectivity index (χ2n) is 2.96. The molecule has 2 heterocycles. The van der Waals surface area contributed by atoms with Crippen LogP contribution in [0.5, 0.6) is 0 Å². The molecule has 0 radical (unpaired) electrons. The Morgan fingerprint density at radius 2 is 2.47 bits per heavy atom. The number of hydrogen-bond donors (Lipinski definition) is 1. The molecular weight excluding hydrogens is 220 g/mol. The fourth-order valence-electron chi connectivity index (χ4n) is 1.27. The van der Waals surface area contributed by atoms with Gasteiger partial charge in [-0.05, 0) is 6.07 Å². The van der Waals surface area contributed by atoms with E-state index >= 15 is 0 Å². The predicted molar refractivity (Wildman–Crippen MR) is 52.0 cm³/mol. The Kier molecular flexibility index (Phi) is 2.47. The number of aromatic nitrogens is 2. The molecule has 15 heavy (non-hydrogen) atoms. The Hall–Kier alpha value is -1.75. The van der Waals surface area contributed by atoms with Crippen molar-refractivity contribution < 1.29 is 14.3 Å². The van der Waals surface area contributed by atoms with E-state index in [2.05, 4.69) is 4.98 Å². The number of carboxylic acids is 1. The summed E-state index contributed by atoms with van der Waals surface area (Å²) in [6.07, 6.45) is 4.29. The van der Waals surface area contributed by atoms with Gasteiger partial charge in [-0.1, -0.05) is 11.6 Å². The summed E-state index contributed by atoms with van der Waals surface area (Å²) in [6.45, 7) is 0.324. The van der Waals surface area contributed by atoms with Crippen molar-refractivity contribution >= 4 is 17.6 Å². The highest BCUT2D eigenvalue weighted by atomic mass is 35.5. The summed E-state index contributed by atoms with van der Waals surface area (Å²) in [5.74, 6) is -1.02. The second kappa shape index (κ2) is 3.78. The van der Waals surface area contributed by atoms with Crippen molar-refractivity contribution in [2.24, 2.45) is 0 Å². The summed E-state index contributed by atoms with van der Waals surface area (Å²) in [6, 6.07) is 1.39. The molecule has 2 aromatic heterocycles. The summed E-state index contributed by atoms with van der Waals surface area (Å²) in [7, 11) is 0. The van der Waals surface area contributed by atoms with Crippen molar-refractivity contribution in [2.75, 3.05) is 0 Å². The molecule has 0 unspecified atom stereocenters. The van der Waals surface area contributed by atoms with Crippen LogP contribution in [0, 0.1) is 0 Å². The number of hydrogen-bond acceptors (Lipinski definition) is 3. The largest absolute Gasteiger partial charge is 0.477 e. The van der Waals surface area contributed by atoms with E-state index in [1.807, 2.05) is 0 Å². The zero-order valence-electron chi connectivity index (χ0n) is 7.55. The van der Waals surface area contributed by atoms with Gasteiger partial charge in [0, 0.05) is 6.20 Å². The number of oxazole rings is 1. The van der Waals surface area contributed by atoms with Gasteiger partial charge in [0.15, 0.2) is 6.39 Å². The summed E-state index contributed by atoms with van der Waals surface area (Å²) in [4.78, 5) is 14.7. The zero-order valence-corrected chi connectivity index (χ0v) is 8.31. The van der Waals surface area contributed by atoms with Gasteiger partial charge in [-0.2, -0.15) is 0 Å². The van der Waals surface area contributed by atoms with Crippen LogP contribution in [0.4, 0.5) is 0 Å². The van der Waals surface area contributed by atoms with Crippen LogP contribution in [-0.2, 0) is 6.54 Å². The lowest BCUT2D eigenvalue weighted by molar-refractivity contribution is 0.0685. The lowest BCUT2D eigenvalue weighted by Gasteiger charge is -2.02. The van der Waals surface area contributed by atoms with E-state index in [9.17, 15) is 4.79 Å². The first kappa shape index (κ1) is 9.79. The molecule has 1 N–H and O–H groups in total. The third-order valence-corrected chi connectivity index (χ3v) is 2.10. The van der Waals surface area contributed by atoms with E-state index in [0.29, 0.717) is 17.3 Å². The van der Waals surface area contributed by atoms with E-state index in [1.165, 1.54) is 23.3 Å². The van der Waals surface area contributed by atoms with E-state index in [-0.39, 0.29) is 5.69 Å². The average molecular weight is 227 g/mol. The molecule has 78 valence electrons. The number of carbonyl (C=O) groups is 1. The molecular formula is C9H7ClN2O3.